The van der Waals surface area contributed by atoms with Crippen LogP contribution in [0.25, 0.3) is 0 Å². The molecule has 1 saturated heterocycles. The van der Waals surface area contributed by atoms with Gasteiger partial charge in [-0.25, -0.2) is 0 Å². The third-order valence-corrected chi connectivity index (χ3v) is 5.31. The predicted molar refractivity (Wildman–Crippen MR) is 98.6 cm³/mol. The van der Waals surface area contributed by atoms with Crippen molar-refractivity contribution in [3.05, 3.63) is 53.6 Å². The highest BCUT2D eigenvalue weighted by Gasteiger charge is 2.30. The number of hydrogen-bond donors (Lipinski definition) is 1. The first-order valence-electron chi connectivity index (χ1n) is 9.19. The summed E-state index contributed by atoms with van der Waals surface area (Å²) in [6, 6.07) is 13.9. The number of nitrogens with zero attached hydrogens (tertiary/aromatic N) is 1. The first-order chi connectivity index (χ1) is 12.7. The van der Waals surface area contributed by atoms with Gasteiger partial charge in [-0.3, -0.25) is 4.90 Å². The average molecular weight is 355 g/mol. The Morgan fingerprint density at radius 2 is 1.92 bits per heavy atom. The molecule has 1 fully saturated rings. The Morgan fingerprint density at radius 3 is 2.73 bits per heavy atom. The Balaban J connectivity index is 1.50. The minimum atomic E-state index is -0.504. The van der Waals surface area contributed by atoms with Gasteiger partial charge in [0, 0.05) is 12.6 Å². The van der Waals surface area contributed by atoms with Gasteiger partial charge in [0.1, 0.15) is 5.75 Å². The lowest BCUT2D eigenvalue weighted by molar-refractivity contribution is 0.0202. The minimum Gasteiger partial charge on any atom is -0.497 e. The van der Waals surface area contributed by atoms with Crippen LogP contribution in [0.3, 0.4) is 0 Å². The largest absolute Gasteiger partial charge is 0.497 e. The van der Waals surface area contributed by atoms with Gasteiger partial charge in [-0.2, -0.15) is 0 Å². The van der Waals surface area contributed by atoms with Gasteiger partial charge in [0.05, 0.1) is 13.2 Å². The van der Waals surface area contributed by atoms with Gasteiger partial charge in [-0.1, -0.05) is 24.6 Å². The molecular formula is C21H25NO4. The van der Waals surface area contributed by atoms with E-state index in [1.54, 1.807) is 7.11 Å². The molecule has 2 atom stereocenters. The molecule has 0 aliphatic carbocycles. The lowest BCUT2D eigenvalue weighted by Crippen LogP contribution is -2.42. The summed E-state index contributed by atoms with van der Waals surface area (Å²) in [6.45, 7) is 2.09. The van der Waals surface area contributed by atoms with Gasteiger partial charge >= 0.3 is 0 Å². The predicted octanol–water partition coefficient (Wildman–Crippen LogP) is 3.51. The summed E-state index contributed by atoms with van der Waals surface area (Å²) in [5, 5.41) is 11.0. The van der Waals surface area contributed by atoms with Crippen molar-refractivity contribution in [2.75, 3.05) is 20.4 Å². The molecule has 0 amide bonds. The summed E-state index contributed by atoms with van der Waals surface area (Å²) in [4.78, 5) is 2.38. The van der Waals surface area contributed by atoms with Crippen LogP contribution in [0.4, 0.5) is 0 Å². The average Bonchev–Trinajstić information content (AvgIpc) is 3.16. The quantitative estimate of drug-likeness (QED) is 0.889. The normalized spacial score (nSPS) is 20.8. The molecule has 2 aliphatic rings. The van der Waals surface area contributed by atoms with Crippen LogP contribution in [-0.4, -0.2) is 36.5 Å². The number of benzene rings is 2. The summed E-state index contributed by atoms with van der Waals surface area (Å²) >= 11 is 0. The van der Waals surface area contributed by atoms with Crippen LogP contribution in [-0.2, 0) is 6.54 Å². The standard InChI is InChI=1S/C21H25NO4/c1-24-17-8-6-16(7-9-17)21(23)18-4-2-3-11-22(18)13-15-5-10-19-20(12-15)26-14-25-19/h5-10,12,18,21,23H,2-4,11,13-14H2,1H3. The number of hydrogen-bond acceptors (Lipinski definition) is 5. The van der Waals surface area contributed by atoms with Crippen molar-refractivity contribution in [3.8, 4) is 17.2 Å². The molecule has 0 bridgehead atoms. The Labute approximate surface area is 154 Å². The second kappa shape index (κ2) is 7.56. The second-order valence-electron chi connectivity index (χ2n) is 6.94. The van der Waals surface area contributed by atoms with E-state index in [4.69, 9.17) is 14.2 Å². The topological polar surface area (TPSA) is 51.2 Å². The zero-order valence-electron chi connectivity index (χ0n) is 15.1. The van der Waals surface area contributed by atoms with E-state index in [-0.39, 0.29) is 6.04 Å². The molecule has 2 unspecified atom stereocenters. The van der Waals surface area contributed by atoms with Gasteiger partial charge in [-0.15, -0.1) is 0 Å². The lowest BCUT2D eigenvalue weighted by Gasteiger charge is -2.38. The number of aliphatic hydroxyl groups is 1. The molecule has 2 heterocycles. The maximum atomic E-state index is 11.0. The van der Waals surface area contributed by atoms with Crippen molar-refractivity contribution in [1.29, 1.82) is 0 Å². The molecule has 5 heteroatoms. The molecule has 0 saturated carbocycles. The molecule has 0 aromatic heterocycles. The summed E-state index contributed by atoms with van der Waals surface area (Å²) in [5.74, 6) is 2.43. The maximum absolute atomic E-state index is 11.0. The number of fused-ring (bicyclic) bond motifs is 1. The van der Waals surface area contributed by atoms with Gasteiger partial charge in [-0.05, 0) is 54.8 Å². The van der Waals surface area contributed by atoms with Crippen molar-refractivity contribution in [1.82, 2.24) is 4.90 Å². The Hall–Kier alpha value is -2.24. The first kappa shape index (κ1) is 17.2. The number of rotatable bonds is 5. The minimum absolute atomic E-state index is 0.113. The molecule has 26 heavy (non-hydrogen) atoms. The monoisotopic (exact) mass is 355 g/mol. The van der Waals surface area contributed by atoms with E-state index in [0.29, 0.717) is 6.79 Å². The molecule has 2 aliphatic heterocycles. The number of likely N-dealkylation sites (tertiary alicyclic amines) is 1. The van der Waals surface area contributed by atoms with E-state index in [1.807, 2.05) is 36.4 Å². The van der Waals surface area contributed by atoms with Crippen LogP contribution in [0.5, 0.6) is 17.2 Å². The number of methoxy groups -OCH3 is 1. The smallest absolute Gasteiger partial charge is 0.231 e. The van der Waals surface area contributed by atoms with E-state index >= 15 is 0 Å². The fourth-order valence-electron chi connectivity index (χ4n) is 3.87. The van der Waals surface area contributed by atoms with Crippen molar-refractivity contribution in [3.63, 3.8) is 0 Å². The van der Waals surface area contributed by atoms with Crippen molar-refractivity contribution >= 4 is 0 Å². The van der Waals surface area contributed by atoms with Crippen molar-refractivity contribution in [2.45, 2.75) is 38.0 Å². The van der Waals surface area contributed by atoms with Crippen LogP contribution in [0.1, 0.15) is 36.5 Å². The Kier molecular flexibility index (Phi) is 5.00. The molecule has 4 rings (SSSR count). The second-order valence-corrected chi connectivity index (χ2v) is 6.94. The molecular weight excluding hydrogens is 330 g/mol. The lowest BCUT2D eigenvalue weighted by atomic mass is 9.92. The van der Waals surface area contributed by atoms with Crippen molar-refractivity contribution in [2.24, 2.45) is 0 Å². The van der Waals surface area contributed by atoms with E-state index in [0.717, 1.165) is 55.2 Å². The zero-order valence-corrected chi connectivity index (χ0v) is 15.1. The highest BCUT2D eigenvalue weighted by Crippen LogP contribution is 2.35. The summed E-state index contributed by atoms with van der Waals surface area (Å²) < 4.78 is 16.1. The molecule has 2 aromatic carbocycles. The molecule has 138 valence electrons. The van der Waals surface area contributed by atoms with Gasteiger partial charge in [0.2, 0.25) is 6.79 Å². The third-order valence-electron chi connectivity index (χ3n) is 5.31. The van der Waals surface area contributed by atoms with E-state index in [9.17, 15) is 5.11 Å². The fourth-order valence-corrected chi connectivity index (χ4v) is 3.87. The van der Waals surface area contributed by atoms with Crippen LogP contribution >= 0.6 is 0 Å². The van der Waals surface area contributed by atoms with E-state index < -0.39 is 6.10 Å². The maximum Gasteiger partial charge on any atom is 0.231 e. The molecule has 0 radical (unpaired) electrons. The van der Waals surface area contributed by atoms with Crippen LogP contribution in [0.2, 0.25) is 0 Å². The highest BCUT2D eigenvalue weighted by molar-refractivity contribution is 5.44. The Morgan fingerprint density at radius 1 is 1.12 bits per heavy atom. The molecule has 0 spiro atoms. The van der Waals surface area contributed by atoms with Gasteiger partial charge in [0.25, 0.3) is 0 Å². The zero-order chi connectivity index (χ0) is 17.9. The third kappa shape index (κ3) is 3.50. The summed E-state index contributed by atoms with van der Waals surface area (Å²) in [6.07, 6.45) is 2.80. The van der Waals surface area contributed by atoms with E-state index in [1.165, 1.54) is 5.56 Å². The van der Waals surface area contributed by atoms with Crippen molar-refractivity contribution < 1.29 is 19.3 Å². The Bertz CT molecular complexity index is 746. The molecule has 2 aromatic rings. The summed E-state index contributed by atoms with van der Waals surface area (Å²) in [5.41, 5.74) is 2.12. The molecule has 1 N–H and O–H groups in total. The van der Waals surface area contributed by atoms with Crippen LogP contribution in [0.15, 0.2) is 42.5 Å². The first-order valence-corrected chi connectivity index (χ1v) is 9.19. The summed E-state index contributed by atoms with van der Waals surface area (Å²) in [7, 11) is 1.65. The van der Waals surface area contributed by atoms with Gasteiger partial charge < -0.3 is 19.3 Å². The number of aliphatic hydroxyl groups excluding tert-OH is 1. The number of piperidine rings is 1. The SMILES string of the molecule is COc1ccc(C(O)C2CCCCN2Cc2ccc3c(c2)OCO3)cc1. The van der Waals surface area contributed by atoms with E-state index in [2.05, 4.69) is 11.0 Å². The van der Waals surface area contributed by atoms with Gasteiger partial charge in [0.15, 0.2) is 11.5 Å². The molecule has 5 nitrogen and oxygen atoms in total. The highest BCUT2D eigenvalue weighted by atomic mass is 16.7. The number of ether oxygens (including phenoxy) is 3. The van der Waals surface area contributed by atoms with Crippen LogP contribution in [0, 0.1) is 0 Å². The fraction of sp³-hybridized carbons (Fsp3) is 0.429. The van der Waals surface area contributed by atoms with Crippen LogP contribution < -0.4 is 14.2 Å².